The van der Waals surface area contributed by atoms with Crippen LogP contribution in [0, 0.1) is 0 Å². The maximum Gasteiger partial charge on any atom is 0.329 e. The van der Waals surface area contributed by atoms with Gasteiger partial charge in [-0.3, -0.25) is 19.1 Å². The van der Waals surface area contributed by atoms with Crippen LogP contribution in [0.1, 0.15) is 24.1 Å². The summed E-state index contributed by atoms with van der Waals surface area (Å²) in [5, 5.41) is 0.396. The largest absolute Gasteiger partial charge is 0.330 e. The van der Waals surface area contributed by atoms with E-state index < -0.39 is 11.2 Å². The number of nitrogens with zero attached hydrogens (tertiary/aromatic N) is 2. The van der Waals surface area contributed by atoms with Crippen LogP contribution in [0.25, 0.3) is 10.9 Å². The number of benzene rings is 2. The third kappa shape index (κ3) is 2.46. The highest BCUT2D eigenvalue weighted by Crippen LogP contribution is 2.33. The summed E-state index contributed by atoms with van der Waals surface area (Å²) in [7, 11) is 0. The van der Waals surface area contributed by atoms with Crippen molar-refractivity contribution in [1.29, 1.82) is 0 Å². The molecule has 3 aromatic rings. The average molecular weight is 335 g/mol. The van der Waals surface area contributed by atoms with Gasteiger partial charge >= 0.3 is 5.69 Å². The fourth-order valence-corrected chi connectivity index (χ4v) is 3.50. The first-order chi connectivity index (χ1) is 12.1. The van der Waals surface area contributed by atoms with Crippen LogP contribution in [0.5, 0.6) is 0 Å². The predicted octanol–water partition coefficient (Wildman–Crippen LogP) is 1.79. The number of amides is 1. The molecule has 6 heteroatoms. The van der Waals surface area contributed by atoms with E-state index in [1.165, 1.54) is 4.57 Å². The van der Waals surface area contributed by atoms with Gasteiger partial charge in [0, 0.05) is 6.54 Å². The zero-order valence-electron chi connectivity index (χ0n) is 13.7. The van der Waals surface area contributed by atoms with Gasteiger partial charge in [-0.1, -0.05) is 36.4 Å². The Morgan fingerprint density at radius 1 is 1.12 bits per heavy atom. The summed E-state index contributed by atoms with van der Waals surface area (Å²) in [4.78, 5) is 41.1. The molecule has 1 aliphatic heterocycles. The van der Waals surface area contributed by atoms with Crippen LogP contribution in [0.15, 0.2) is 58.1 Å². The minimum atomic E-state index is -0.568. The van der Waals surface area contributed by atoms with Crippen LogP contribution < -0.4 is 11.2 Å². The molecule has 2 aromatic carbocycles. The lowest BCUT2D eigenvalue weighted by atomic mass is 10.1. The van der Waals surface area contributed by atoms with Crippen LogP contribution in [0.3, 0.4) is 0 Å². The smallest absolute Gasteiger partial charge is 0.329 e. The van der Waals surface area contributed by atoms with E-state index in [-0.39, 0.29) is 18.5 Å². The van der Waals surface area contributed by atoms with Crippen LogP contribution in [0.2, 0.25) is 0 Å². The molecule has 25 heavy (non-hydrogen) atoms. The third-order valence-corrected chi connectivity index (χ3v) is 4.83. The van der Waals surface area contributed by atoms with E-state index in [4.69, 9.17) is 0 Å². The highest BCUT2D eigenvalue weighted by atomic mass is 16.2. The number of aromatic nitrogens is 2. The number of hydrogen-bond acceptors (Lipinski definition) is 3. The van der Waals surface area contributed by atoms with Crippen molar-refractivity contribution >= 4 is 16.8 Å². The van der Waals surface area contributed by atoms with Crippen molar-refractivity contribution in [3.63, 3.8) is 0 Å². The van der Waals surface area contributed by atoms with Gasteiger partial charge in [-0.05, 0) is 30.2 Å². The van der Waals surface area contributed by atoms with E-state index in [1.807, 2.05) is 31.2 Å². The maximum atomic E-state index is 12.8. The number of para-hydroxylation sites is 1. The molecule has 0 saturated heterocycles. The Morgan fingerprint density at radius 2 is 1.84 bits per heavy atom. The molecule has 0 aliphatic carbocycles. The zero-order chi connectivity index (χ0) is 17.6. The fourth-order valence-electron chi connectivity index (χ4n) is 3.50. The molecule has 0 saturated carbocycles. The van der Waals surface area contributed by atoms with Gasteiger partial charge in [-0.25, -0.2) is 4.79 Å². The van der Waals surface area contributed by atoms with E-state index in [0.29, 0.717) is 17.4 Å². The Labute approximate surface area is 143 Å². The quantitative estimate of drug-likeness (QED) is 0.776. The number of carbonyl (C=O) groups excluding carboxylic acids is 1. The summed E-state index contributed by atoms with van der Waals surface area (Å²) in [6, 6.07) is 14.7. The molecule has 1 amide bonds. The van der Waals surface area contributed by atoms with Crippen molar-refractivity contribution in [1.82, 2.24) is 14.5 Å². The lowest BCUT2D eigenvalue weighted by Crippen LogP contribution is -2.37. The van der Waals surface area contributed by atoms with Gasteiger partial charge in [-0.2, -0.15) is 0 Å². The average Bonchev–Trinajstić information content (AvgIpc) is 2.96. The second-order valence-electron chi connectivity index (χ2n) is 6.26. The SMILES string of the molecule is C[C@H]1c2ccccc2CN1C(=O)Cn1c(=O)[nH]c(=O)c2ccccc21. The van der Waals surface area contributed by atoms with Crippen molar-refractivity contribution in [2.45, 2.75) is 26.1 Å². The first-order valence-electron chi connectivity index (χ1n) is 8.15. The number of aromatic amines is 1. The predicted molar refractivity (Wildman–Crippen MR) is 94.2 cm³/mol. The highest BCUT2D eigenvalue weighted by molar-refractivity contribution is 5.82. The van der Waals surface area contributed by atoms with Gasteiger partial charge < -0.3 is 4.90 Å². The van der Waals surface area contributed by atoms with Crippen molar-refractivity contribution < 1.29 is 4.79 Å². The van der Waals surface area contributed by atoms with Crippen LogP contribution in [-0.2, 0) is 17.9 Å². The Balaban J connectivity index is 1.70. The Bertz CT molecular complexity index is 1100. The zero-order valence-corrected chi connectivity index (χ0v) is 13.7. The first-order valence-corrected chi connectivity index (χ1v) is 8.15. The molecule has 6 nitrogen and oxygen atoms in total. The molecule has 0 spiro atoms. The van der Waals surface area contributed by atoms with Crippen LogP contribution >= 0.6 is 0 Å². The second kappa shape index (κ2) is 5.73. The molecule has 0 radical (unpaired) electrons. The van der Waals surface area contributed by atoms with E-state index >= 15 is 0 Å². The summed E-state index contributed by atoms with van der Waals surface area (Å²) in [6.45, 7) is 2.41. The molecule has 126 valence electrons. The number of rotatable bonds is 2. The Kier molecular flexibility index (Phi) is 3.53. The van der Waals surface area contributed by atoms with Gasteiger partial charge in [0.15, 0.2) is 0 Å². The molecule has 4 rings (SSSR count). The second-order valence-corrected chi connectivity index (χ2v) is 6.26. The summed E-state index contributed by atoms with van der Waals surface area (Å²) < 4.78 is 1.33. The monoisotopic (exact) mass is 335 g/mol. The lowest BCUT2D eigenvalue weighted by molar-refractivity contribution is -0.133. The van der Waals surface area contributed by atoms with E-state index in [0.717, 1.165) is 11.1 Å². The van der Waals surface area contributed by atoms with Gasteiger partial charge in [0.1, 0.15) is 6.54 Å². The third-order valence-electron chi connectivity index (χ3n) is 4.83. The van der Waals surface area contributed by atoms with Crippen molar-refractivity contribution in [3.05, 3.63) is 80.5 Å². The molecule has 1 aromatic heterocycles. The molecule has 0 unspecified atom stereocenters. The van der Waals surface area contributed by atoms with E-state index in [1.54, 1.807) is 29.2 Å². The Hall–Kier alpha value is -3.15. The molecule has 1 aliphatic rings. The number of H-pyrrole nitrogens is 1. The van der Waals surface area contributed by atoms with Gasteiger partial charge in [0.25, 0.3) is 5.56 Å². The first kappa shape index (κ1) is 15.4. The number of carbonyl (C=O) groups is 1. The fraction of sp³-hybridized carbons (Fsp3) is 0.211. The maximum absolute atomic E-state index is 12.8. The van der Waals surface area contributed by atoms with Gasteiger partial charge in [-0.15, -0.1) is 0 Å². The highest BCUT2D eigenvalue weighted by Gasteiger charge is 2.30. The van der Waals surface area contributed by atoms with Crippen LogP contribution in [-0.4, -0.2) is 20.4 Å². The molecule has 0 bridgehead atoms. The number of fused-ring (bicyclic) bond motifs is 2. The number of nitrogens with one attached hydrogen (secondary N) is 1. The molecule has 1 atom stereocenters. The van der Waals surface area contributed by atoms with E-state index in [2.05, 4.69) is 4.98 Å². The molecule has 0 fully saturated rings. The van der Waals surface area contributed by atoms with Gasteiger partial charge in [0.05, 0.1) is 16.9 Å². The Morgan fingerprint density at radius 3 is 2.64 bits per heavy atom. The summed E-state index contributed by atoms with van der Waals surface area (Å²) in [6.07, 6.45) is 0. The van der Waals surface area contributed by atoms with E-state index in [9.17, 15) is 14.4 Å². The summed E-state index contributed by atoms with van der Waals surface area (Å²) in [5.74, 6) is -0.150. The molecular formula is C19H17N3O3. The topological polar surface area (TPSA) is 75.2 Å². The minimum Gasteiger partial charge on any atom is -0.330 e. The van der Waals surface area contributed by atoms with Gasteiger partial charge in [0.2, 0.25) is 5.91 Å². The summed E-state index contributed by atoms with van der Waals surface area (Å²) in [5.41, 5.74) is 1.72. The van der Waals surface area contributed by atoms with Crippen molar-refractivity contribution in [3.8, 4) is 0 Å². The normalized spacial score (nSPS) is 16.2. The van der Waals surface area contributed by atoms with Crippen molar-refractivity contribution in [2.24, 2.45) is 0 Å². The van der Waals surface area contributed by atoms with Crippen LogP contribution in [0.4, 0.5) is 0 Å². The number of hydrogen-bond donors (Lipinski definition) is 1. The minimum absolute atomic E-state index is 0.0339. The lowest BCUT2D eigenvalue weighted by Gasteiger charge is -2.22. The van der Waals surface area contributed by atoms with Crippen molar-refractivity contribution in [2.75, 3.05) is 0 Å². The molecule has 2 heterocycles. The summed E-state index contributed by atoms with van der Waals surface area (Å²) >= 11 is 0. The molecule has 1 N–H and O–H groups in total. The molecular weight excluding hydrogens is 318 g/mol. The standard InChI is InChI=1S/C19H17N3O3/c1-12-14-7-3-2-6-13(14)10-21(12)17(23)11-22-16-9-5-4-8-15(16)18(24)20-19(22)25/h2-9,12H,10-11H2,1H3,(H,20,24,25)/t12-/m0/s1.